The van der Waals surface area contributed by atoms with Gasteiger partial charge < -0.3 is 10.5 Å². The number of nitrogens with zero attached hydrogens (tertiary/aromatic N) is 1. The molecule has 0 radical (unpaired) electrons. The molecule has 3 aromatic rings. The second kappa shape index (κ2) is 8.22. The Kier molecular flexibility index (Phi) is 5.75. The fourth-order valence-electron chi connectivity index (χ4n) is 3.08. The number of ether oxygens (including phenoxy) is 1. The number of rotatable bonds is 6. The highest BCUT2D eigenvalue weighted by Gasteiger charge is 2.14. The monoisotopic (exact) mass is 395 g/mol. The number of hydrogen-bond donors (Lipinski definition) is 2. The summed E-state index contributed by atoms with van der Waals surface area (Å²) in [6, 6.07) is 10.8. The smallest absolute Gasteiger partial charge is 0.257 e. The van der Waals surface area contributed by atoms with Gasteiger partial charge in [0, 0.05) is 16.5 Å². The zero-order valence-corrected chi connectivity index (χ0v) is 16.7. The van der Waals surface area contributed by atoms with Crippen LogP contribution in [0.15, 0.2) is 41.8 Å². The first-order valence-electron chi connectivity index (χ1n) is 8.70. The fourth-order valence-corrected chi connectivity index (χ4v) is 3.78. The van der Waals surface area contributed by atoms with Gasteiger partial charge in [-0.1, -0.05) is 23.8 Å². The summed E-state index contributed by atoms with van der Waals surface area (Å²) < 4.78 is 5.24. The van der Waals surface area contributed by atoms with Crippen molar-refractivity contribution in [3.05, 3.63) is 64.0 Å². The summed E-state index contributed by atoms with van der Waals surface area (Å²) in [4.78, 5) is 27.9. The van der Waals surface area contributed by atoms with Crippen molar-refractivity contribution in [2.75, 3.05) is 11.9 Å². The molecule has 0 aliphatic rings. The van der Waals surface area contributed by atoms with Gasteiger partial charge in [-0.25, -0.2) is 4.98 Å². The van der Waals surface area contributed by atoms with Gasteiger partial charge in [-0.2, -0.15) is 0 Å². The SMILES string of the molecule is Cc1cc(C)c(-c2csc(NC(=O)c3cccc(OCC(N)=O)c3)n2)c(C)c1. The molecule has 2 amide bonds. The van der Waals surface area contributed by atoms with E-state index in [1.807, 2.05) is 5.38 Å². The largest absolute Gasteiger partial charge is 0.484 e. The van der Waals surface area contributed by atoms with Crippen LogP contribution in [0.3, 0.4) is 0 Å². The third-order valence-corrected chi connectivity index (χ3v) is 4.89. The van der Waals surface area contributed by atoms with Gasteiger partial charge in [-0.3, -0.25) is 14.9 Å². The number of aromatic nitrogens is 1. The molecule has 0 aliphatic heterocycles. The Labute approximate surface area is 167 Å². The van der Waals surface area contributed by atoms with Gasteiger partial charge in [0.1, 0.15) is 5.75 Å². The fraction of sp³-hybridized carbons (Fsp3) is 0.190. The third kappa shape index (κ3) is 4.55. The van der Waals surface area contributed by atoms with Crippen molar-refractivity contribution in [2.24, 2.45) is 5.73 Å². The number of carbonyl (C=O) groups is 2. The molecule has 0 spiro atoms. The summed E-state index contributed by atoms with van der Waals surface area (Å²) in [6.07, 6.45) is 0. The number of benzene rings is 2. The first-order valence-corrected chi connectivity index (χ1v) is 9.57. The summed E-state index contributed by atoms with van der Waals surface area (Å²) in [5, 5.41) is 5.27. The van der Waals surface area contributed by atoms with Gasteiger partial charge in [-0.05, 0) is 50.1 Å². The van der Waals surface area contributed by atoms with Crippen molar-refractivity contribution in [3.63, 3.8) is 0 Å². The molecule has 0 atom stereocenters. The summed E-state index contributed by atoms with van der Waals surface area (Å²) in [5.41, 5.74) is 10.9. The second-order valence-electron chi connectivity index (χ2n) is 6.55. The average Bonchev–Trinajstić information content (AvgIpc) is 3.07. The molecule has 0 aliphatic carbocycles. The van der Waals surface area contributed by atoms with Crippen LogP contribution in [0.1, 0.15) is 27.0 Å². The van der Waals surface area contributed by atoms with Gasteiger partial charge >= 0.3 is 0 Å². The van der Waals surface area contributed by atoms with Crippen molar-refractivity contribution >= 4 is 28.3 Å². The molecule has 0 fully saturated rings. The predicted molar refractivity (Wildman–Crippen MR) is 111 cm³/mol. The van der Waals surface area contributed by atoms with E-state index in [0.717, 1.165) is 22.4 Å². The van der Waals surface area contributed by atoms with Gasteiger partial charge in [0.25, 0.3) is 11.8 Å². The highest BCUT2D eigenvalue weighted by Crippen LogP contribution is 2.31. The number of anilines is 1. The molecule has 3 rings (SSSR count). The Morgan fingerprint density at radius 3 is 2.54 bits per heavy atom. The molecule has 0 saturated carbocycles. The Hall–Kier alpha value is -3.19. The average molecular weight is 395 g/mol. The lowest BCUT2D eigenvalue weighted by molar-refractivity contribution is -0.119. The maximum Gasteiger partial charge on any atom is 0.257 e. The predicted octanol–water partition coefficient (Wildman–Crippen LogP) is 3.85. The molecule has 7 heteroatoms. The van der Waals surface area contributed by atoms with Gasteiger partial charge in [0.2, 0.25) is 0 Å². The number of hydrogen-bond acceptors (Lipinski definition) is 5. The van der Waals surface area contributed by atoms with Crippen LogP contribution in [-0.2, 0) is 4.79 Å². The molecule has 0 saturated heterocycles. The zero-order valence-electron chi connectivity index (χ0n) is 15.9. The minimum Gasteiger partial charge on any atom is -0.484 e. The lowest BCUT2D eigenvalue weighted by atomic mass is 9.98. The maximum absolute atomic E-state index is 12.5. The van der Waals surface area contributed by atoms with Crippen LogP contribution in [-0.4, -0.2) is 23.4 Å². The maximum atomic E-state index is 12.5. The molecule has 0 bridgehead atoms. The Balaban J connectivity index is 1.76. The highest BCUT2D eigenvalue weighted by atomic mass is 32.1. The summed E-state index contributed by atoms with van der Waals surface area (Å²) in [7, 11) is 0. The molecular weight excluding hydrogens is 374 g/mol. The zero-order chi connectivity index (χ0) is 20.3. The third-order valence-electron chi connectivity index (χ3n) is 4.14. The van der Waals surface area contributed by atoms with Crippen LogP contribution >= 0.6 is 11.3 Å². The van der Waals surface area contributed by atoms with Gasteiger partial charge in [-0.15, -0.1) is 11.3 Å². The van der Waals surface area contributed by atoms with E-state index >= 15 is 0 Å². The van der Waals surface area contributed by atoms with Crippen molar-refractivity contribution in [1.82, 2.24) is 4.98 Å². The molecule has 6 nitrogen and oxygen atoms in total. The summed E-state index contributed by atoms with van der Waals surface area (Å²) in [5.74, 6) is -0.480. The number of primary amides is 1. The van der Waals surface area contributed by atoms with Crippen LogP contribution < -0.4 is 15.8 Å². The molecule has 144 valence electrons. The summed E-state index contributed by atoms with van der Waals surface area (Å²) >= 11 is 1.37. The molecule has 1 aromatic heterocycles. The standard InChI is InChI=1S/C21H21N3O3S/c1-12-7-13(2)19(14(3)8-12)17-11-28-21(23-17)24-20(26)15-5-4-6-16(9-15)27-10-18(22)25/h4-9,11H,10H2,1-3H3,(H2,22,25)(H,23,24,26). The van der Waals surface area contributed by atoms with Crippen LogP contribution in [0.2, 0.25) is 0 Å². The van der Waals surface area contributed by atoms with E-state index in [-0.39, 0.29) is 12.5 Å². The van der Waals surface area contributed by atoms with Crippen LogP contribution in [0.5, 0.6) is 5.75 Å². The quantitative estimate of drug-likeness (QED) is 0.663. The molecule has 28 heavy (non-hydrogen) atoms. The van der Waals surface area contributed by atoms with Crippen LogP contribution in [0, 0.1) is 20.8 Å². The summed E-state index contributed by atoms with van der Waals surface area (Å²) in [6.45, 7) is 5.95. The van der Waals surface area contributed by atoms with E-state index < -0.39 is 5.91 Å². The Morgan fingerprint density at radius 2 is 1.86 bits per heavy atom. The second-order valence-corrected chi connectivity index (χ2v) is 7.41. The van der Waals surface area contributed by atoms with Crippen LogP contribution in [0.25, 0.3) is 11.3 Å². The molecule has 0 unspecified atom stereocenters. The topological polar surface area (TPSA) is 94.3 Å². The number of amides is 2. The van der Waals surface area contributed by atoms with Crippen molar-refractivity contribution < 1.29 is 14.3 Å². The van der Waals surface area contributed by atoms with E-state index in [4.69, 9.17) is 10.5 Å². The van der Waals surface area contributed by atoms with E-state index in [1.54, 1.807) is 24.3 Å². The Morgan fingerprint density at radius 1 is 1.14 bits per heavy atom. The Bertz CT molecular complexity index is 1020. The van der Waals surface area contributed by atoms with Crippen molar-refractivity contribution in [1.29, 1.82) is 0 Å². The van der Waals surface area contributed by atoms with Crippen LogP contribution in [0.4, 0.5) is 5.13 Å². The minimum absolute atomic E-state index is 0.240. The minimum atomic E-state index is -0.577. The lowest BCUT2D eigenvalue weighted by Gasteiger charge is -2.09. The highest BCUT2D eigenvalue weighted by molar-refractivity contribution is 7.14. The van der Waals surface area contributed by atoms with Gasteiger partial charge in [0.05, 0.1) is 5.69 Å². The number of aryl methyl sites for hydroxylation is 3. The van der Waals surface area contributed by atoms with E-state index in [1.165, 1.54) is 16.9 Å². The molecule has 3 N–H and O–H groups in total. The molecule has 2 aromatic carbocycles. The van der Waals surface area contributed by atoms with Gasteiger partial charge in [0.15, 0.2) is 11.7 Å². The normalized spacial score (nSPS) is 10.5. The molecule has 1 heterocycles. The lowest BCUT2D eigenvalue weighted by Crippen LogP contribution is -2.20. The first kappa shape index (κ1) is 19.6. The number of thiazole rings is 1. The van der Waals surface area contributed by atoms with E-state index in [2.05, 4.69) is 43.2 Å². The van der Waals surface area contributed by atoms with Crippen molar-refractivity contribution in [3.8, 4) is 17.0 Å². The first-order chi connectivity index (χ1) is 13.3. The number of carbonyl (C=O) groups excluding carboxylic acids is 2. The van der Waals surface area contributed by atoms with Crippen molar-refractivity contribution in [2.45, 2.75) is 20.8 Å². The van der Waals surface area contributed by atoms with E-state index in [9.17, 15) is 9.59 Å². The number of nitrogens with one attached hydrogen (secondary N) is 1. The number of nitrogens with two attached hydrogens (primary N) is 1. The molecular formula is C21H21N3O3S. The van der Waals surface area contributed by atoms with E-state index in [0.29, 0.717) is 16.4 Å².